The molecule has 0 fully saturated rings. The standard InChI is InChI=1S/C18H16O4/c1-12(10-17(19)20)9-13-5-7-14(8-6-13)15-3-2-4-16(11-15)18(21)22/h2-8,10-11H,9H2,1H3,(H,19,20)(H,21,22)/b12-10+. The Morgan fingerprint density at radius 3 is 2.27 bits per heavy atom. The first-order valence-electron chi connectivity index (χ1n) is 6.78. The minimum atomic E-state index is -0.951. The van der Waals surface area contributed by atoms with Gasteiger partial charge < -0.3 is 10.2 Å². The summed E-state index contributed by atoms with van der Waals surface area (Å²) in [5.41, 5.74) is 3.79. The van der Waals surface area contributed by atoms with Crippen molar-refractivity contribution in [3.05, 3.63) is 71.3 Å². The van der Waals surface area contributed by atoms with Gasteiger partial charge in [-0.15, -0.1) is 0 Å². The average Bonchev–Trinajstić information content (AvgIpc) is 2.47. The summed E-state index contributed by atoms with van der Waals surface area (Å²) in [6.07, 6.45) is 1.77. The van der Waals surface area contributed by atoms with Crippen LogP contribution in [-0.4, -0.2) is 22.2 Å². The monoisotopic (exact) mass is 296 g/mol. The zero-order chi connectivity index (χ0) is 16.1. The summed E-state index contributed by atoms with van der Waals surface area (Å²) >= 11 is 0. The minimum Gasteiger partial charge on any atom is -0.478 e. The molecule has 0 saturated heterocycles. The Morgan fingerprint density at radius 1 is 1.00 bits per heavy atom. The molecule has 0 aromatic heterocycles. The van der Waals surface area contributed by atoms with E-state index in [4.69, 9.17) is 10.2 Å². The van der Waals surface area contributed by atoms with Crippen LogP contribution in [0, 0.1) is 0 Å². The van der Waals surface area contributed by atoms with Crippen LogP contribution in [0.3, 0.4) is 0 Å². The fourth-order valence-electron chi connectivity index (χ4n) is 2.23. The molecule has 2 aromatic carbocycles. The lowest BCUT2D eigenvalue weighted by Crippen LogP contribution is -1.96. The van der Waals surface area contributed by atoms with Gasteiger partial charge >= 0.3 is 11.9 Å². The molecule has 2 N–H and O–H groups in total. The number of rotatable bonds is 5. The van der Waals surface area contributed by atoms with E-state index >= 15 is 0 Å². The third-order valence-electron chi connectivity index (χ3n) is 3.25. The molecule has 4 heteroatoms. The van der Waals surface area contributed by atoms with Crippen LogP contribution in [0.2, 0.25) is 0 Å². The number of carboxylic acids is 2. The third-order valence-corrected chi connectivity index (χ3v) is 3.25. The van der Waals surface area contributed by atoms with Gasteiger partial charge in [0, 0.05) is 6.08 Å². The van der Waals surface area contributed by atoms with Crippen LogP contribution in [-0.2, 0) is 11.2 Å². The molecule has 22 heavy (non-hydrogen) atoms. The summed E-state index contributed by atoms with van der Waals surface area (Å²) in [4.78, 5) is 21.6. The van der Waals surface area contributed by atoms with E-state index in [0.717, 1.165) is 22.3 Å². The van der Waals surface area contributed by atoms with Crippen LogP contribution < -0.4 is 0 Å². The van der Waals surface area contributed by atoms with E-state index in [2.05, 4.69) is 0 Å². The van der Waals surface area contributed by atoms with Crippen LogP contribution in [0.15, 0.2) is 60.2 Å². The number of aliphatic carboxylic acids is 1. The van der Waals surface area contributed by atoms with E-state index in [1.807, 2.05) is 30.3 Å². The molecule has 2 rings (SSSR count). The molecular formula is C18H16O4. The maximum atomic E-state index is 11.0. The van der Waals surface area contributed by atoms with E-state index in [1.165, 1.54) is 6.08 Å². The van der Waals surface area contributed by atoms with Crippen LogP contribution in [0.5, 0.6) is 0 Å². The average molecular weight is 296 g/mol. The van der Waals surface area contributed by atoms with Crippen LogP contribution in [0.25, 0.3) is 11.1 Å². The number of aromatic carboxylic acids is 1. The van der Waals surface area contributed by atoms with Gasteiger partial charge in [-0.05, 0) is 42.2 Å². The zero-order valence-corrected chi connectivity index (χ0v) is 12.1. The molecule has 0 unspecified atom stereocenters. The highest BCUT2D eigenvalue weighted by molar-refractivity contribution is 5.89. The van der Waals surface area contributed by atoms with E-state index in [0.29, 0.717) is 6.42 Å². The quantitative estimate of drug-likeness (QED) is 0.826. The predicted molar refractivity (Wildman–Crippen MR) is 83.9 cm³/mol. The van der Waals surface area contributed by atoms with Crippen molar-refractivity contribution in [1.29, 1.82) is 0 Å². The van der Waals surface area contributed by atoms with Gasteiger partial charge in [-0.2, -0.15) is 0 Å². The predicted octanol–water partition coefficient (Wildman–Crippen LogP) is 3.63. The molecule has 0 heterocycles. The molecule has 0 aliphatic carbocycles. The second-order valence-electron chi connectivity index (χ2n) is 5.09. The maximum absolute atomic E-state index is 11.0. The Morgan fingerprint density at radius 2 is 1.68 bits per heavy atom. The number of hydrogen-bond donors (Lipinski definition) is 2. The normalized spacial score (nSPS) is 11.2. The lowest BCUT2D eigenvalue weighted by Gasteiger charge is -2.06. The van der Waals surface area contributed by atoms with Crippen molar-refractivity contribution < 1.29 is 19.8 Å². The highest BCUT2D eigenvalue weighted by Crippen LogP contribution is 2.22. The summed E-state index contributed by atoms with van der Waals surface area (Å²) in [5.74, 6) is -1.90. The van der Waals surface area contributed by atoms with Crippen molar-refractivity contribution in [2.45, 2.75) is 13.3 Å². The minimum absolute atomic E-state index is 0.252. The van der Waals surface area contributed by atoms with Gasteiger partial charge in [-0.3, -0.25) is 0 Å². The highest BCUT2D eigenvalue weighted by atomic mass is 16.4. The largest absolute Gasteiger partial charge is 0.478 e. The SMILES string of the molecule is C/C(=C\C(=O)O)Cc1ccc(-c2cccc(C(=O)O)c2)cc1. The molecule has 0 atom stereocenters. The maximum Gasteiger partial charge on any atom is 0.335 e. The van der Waals surface area contributed by atoms with Crippen LogP contribution >= 0.6 is 0 Å². The Kier molecular flexibility index (Phi) is 4.73. The van der Waals surface area contributed by atoms with Crippen molar-refractivity contribution in [2.75, 3.05) is 0 Å². The molecule has 0 bridgehead atoms. The first-order valence-corrected chi connectivity index (χ1v) is 6.78. The van der Waals surface area contributed by atoms with E-state index in [9.17, 15) is 9.59 Å². The molecule has 2 aromatic rings. The molecule has 0 amide bonds. The summed E-state index contributed by atoms with van der Waals surface area (Å²) in [5, 5.41) is 17.7. The van der Waals surface area contributed by atoms with Crippen molar-refractivity contribution in [3.8, 4) is 11.1 Å². The number of allylic oxidation sites excluding steroid dienone is 1. The summed E-state index contributed by atoms with van der Waals surface area (Å²) in [7, 11) is 0. The van der Waals surface area contributed by atoms with Crippen molar-refractivity contribution in [3.63, 3.8) is 0 Å². The number of carbonyl (C=O) groups is 2. The fourth-order valence-corrected chi connectivity index (χ4v) is 2.23. The molecule has 112 valence electrons. The molecular weight excluding hydrogens is 280 g/mol. The van der Waals surface area contributed by atoms with Gasteiger partial charge in [0.1, 0.15) is 0 Å². The molecule has 0 spiro atoms. The van der Waals surface area contributed by atoms with Gasteiger partial charge in [-0.25, -0.2) is 9.59 Å². The van der Waals surface area contributed by atoms with E-state index in [-0.39, 0.29) is 5.56 Å². The summed E-state index contributed by atoms with van der Waals surface area (Å²) in [6.45, 7) is 1.78. The van der Waals surface area contributed by atoms with Crippen molar-refractivity contribution in [2.24, 2.45) is 0 Å². The van der Waals surface area contributed by atoms with E-state index < -0.39 is 11.9 Å². The highest BCUT2D eigenvalue weighted by Gasteiger charge is 2.05. The van der Waals surface area contributed by atoms with Crippen molar-refractivity contribution >= 4 is 11.9 Å². The lowest BCUT2D eigenvalue weighted by atomic mass is 9.99. The fraction of sp³-hybridized carbons (Fsp3) is 0.111. The number of carboxylic acid groups (broad SMARTS) is 2. The Hall–Kier alpha value is -2.88. The molecule has 0 aliphatic heterocycles. The Balaban J connectivity index is 2.20. The second kappa shape index (κ2) is 6.72. The molecule has 4 nitrogen and oxygen atoms in total. The second-order valence-corrected chi connectivity index (χ2v) is 5.09. The lowest BCUT2D eigenvalue weighted by molar-refractivity contribution is -0.131. The molecule has 0 radical (unpaired) electrons. The van der Waals surface area contributed by atoms with Gasteiger partial charge in [0.2, 0.25) is 0 Å². The van der Waals surface area contributed by atoms with Gasteiger partial charge in [-0.1, -0.05) is 42.0 Å². The van der Waals surface area contributed by atoms with Crippen molar-refractivity contribution in [1.82, 2.24) is 0 Å². The summed E-state index contributed by atoms with van der Waals surface area (Å²) < 4.78 is 0. The zero-order valence-electron chi connectivity index (χ0n) is 12.1. The van der Waals surface area contributed by atoms with Gasteiger partial charge in [0.25, 0.3) is 0 Å². The van der Waals surface area contributed by atoms with Gasteiger partial charge in [0.15, 0.2) is 0 Å². The first kappa shape index (κ1) is 15.5. The smallest absolute Gasteiger partial charge is 0.335 e. The van der Waals surface area contributed by atoms with E-state index in [1.54, 1.807) is 25.1 Å². The van der Waals surface area contributed by atoms with Crippen LogP contribution in [0.1, 0.15) is 22.8 Å². The molecule has 0 saturated carbocycles. The van der Waals surface area contributed by atoms with Gasteiger partial charge in [0.05, 0.1) is 5.56 Å². The Labute approximate surface area is 128 Å². The number of hydrogen-bond acceptors (Lipinski definition) is 2. The van der Waals surface area contributed by atoms with Crippen LogP contribution in [0.4, 0.5) is 0 Å². The molecule has 0 aliphatic rings. The summed E-state index contributed by atoms with van der Waals surface area (Å²) in [6, 6.07) is 14.4. The first-order chi connectivity index (χ1) is 10.5. The topological polar surface area (TPSA) is 74.6 Å². The Bertz CT molecular complexity index is 727. The third kappa shape index (κ3) is 4.06. The number of benzene rings is 2.